The van der Waals surface area contributed by atoms with Gasteiger partial charge >= 0.3 is 0 Å². The molecule has 118 valence electrons. The van der Waals surface area contributed by atoms with Gasteiger partial charge in [-0.15, -0.1) is 0 Å². The fraction of sp³-hybridized carbons (Fsp3) is 0.222. The molecule has 1 atom stereocenters. The van der Waals surface area contributed by atoms with Crippen LogP contribution in [-0.2, 0) is 18.4 Å². The minimum atomic E-state index is -1.16. The number of aliphatic hydroxyl groups excluding tert-OH is 1. The molecule has 0 saturated heterocycles. The number of aromatic nitrogens is 2. The highest BCUT2D eigenvalue weighted by atomic mass is 16.3. The predicted molar refractivity (Wildman–Crippen MR) is 88.6 cm³/mol. The summed E-state index contributed by atoms with van der Waals surface area (Å²) < 4.78 is 1.97. The van der Waals surface area contributed by atoms with Gasteiger partial charge in [-0.3, -0.25) is 4.79 Å². The Morgan fingerprint density at radius 3 is 2.52 bits per heavy atom. The molecule has 1 unspecified atom stereocenters. The molecule has 0 bridgehead atoms. The molecule has 1 aromatic heterocycles. The van der Waals surface area contributed by atoms with E-state index >= 15 is 0 Å². The molecule has 1 amide bonds. The third kappa shape index (κ3) is 2.96. The summed E-state index contributed by atoms with van der Waals surface area (Å²) in [4.78, 5) is 18.5. The van der Waals surface area contributed by atoms with Gasteiger partial charge < -0.3 is 14.6 Å². The number of nitrogens with zero attached hydrogens (tertiary/aromatic N) is 3. The summed E-state index contributed by atoms with van der Waals surface area (Å²) in [5, 5.41) is 10.2. The van der Waals surface area contributed by atoms with Crippen LogP contribution in [0.3, 0.4) is 0 Å². The highest BCUT2D eigenvalue weighted by Gasteiger charge is 2.22. The topological polar surface area (TPSA) is 58.4 Å². The largest absolute Gasteiger partial charge is 0.378 e. The number of carbonyl (C=O) groups is 1. The second-order valence-electron chi connectivity index (χ2n) is 5.58. The summed E-state index contributed by atoms with van der Waals surface area (Å²) in [6.07, 6.45) is -1.16. The average Bonchev–Trinajstić information content (AvgIpc) is 2.90. The number of para-hydroxylation sites is 2. The molecule has 5 nitrogen and oxygen atoms in total. The van der Waals surface area contributed by atoms with E-state index in [-0.39, 0.29) is 5.91 Å². The zero-order valence-electron chi connectivity index (χ0n) is 13.2. The van der Waals surface area contributed by atoms with Crippen molar-refractivity contribution in [2.75, 3.05) is 7.05 Å². The maximum Gasteiger partial charge on any atom is 0.256 e. The van der Waals surface area contributed by atoms with Crippen LogP contribution in [0, 0.1) is 0 Å². The Hall–Kier alpha value is -2.66. The van der Waals surface area contributed by atoms with Gasteiger partial charge in [-0.05, 0) is 17.7 Å². The first-order valence-corrected chi connectivity index (χ1v) is 7.46. The van der Waals surface area contributed by atoms with Gasteiger partial charge in [0.05, 0.1) is 17.6 Å². The molecule has 0 saturated carbocycles. The van der Waals surface area contributed by atoms with Crippen molar-refractivity contribution in [3.8, 4) is 0 Å². The molecule has 0 aliphatic carbocycles. The Balaban J connectivity index is 1.79. The molecule has 1 heterocycles. The van der Waals surface area contributed by atoms with E-state index in [1.54, 1.807) is 31.3 Å². The molecule has 0 radical (unpaired) electrons. The molecule has 0 aliphatic rings. The van der Waals surface area contributed by atoms with Gasteiger partial charge in [0.25, 0.3) is 5.91 Å². The van der Waals surface area contributed by atoms with E-state index in [4.69, 9.17) is 0 Å². The van der Waals surface area contributed by atoms with Gasteiger partial charge in [0.15, 0.2) is 6.10 Å². The van der Waals surface area contributed by atoms with Crippen LogP contribution in [0.5, 0.6) is 0 Å². The highest BCUT2D eigenvalue weighted by molar-refractivity contribution is 5.82. The second kappa shape index (κ2) is 6.22. The van der Waals surface area contributed by atoms with Crippen LogP contribution < -0.4 is 0 Å². The molecule has 23 heavy (non-hydrogen) atoms. The molecule has 1 N–H and O–H groups in total. The van der Waals surface area contributed by atoms with Gasteiger partial charge in [0, 0.05) is 14.1 Å². The summed E-state index contributed by atoms with van der Waals surface area (Å²) >= 11 is 0. The Labute approximate surface area is 134 Å². The quantitative estimate of drug-likeness (QED) is 0.804. The zero-order valence-corrected chi connectivity index (χ0v) is 13.2. The number of aryl methyl sites for hydroxylation is 1. The summed E-state index contributed by atoms with van der Waals surface area (Å²) in [5.74, 6) is 0.436. The smallest absolute Gasteiger partial charge is 0.256 e. The van der Waals surface area contributed by atoms with E-state index in [0.29, 0.717) is 12.1 Å². The van der Waals surface area contributed by atoms with E-state index in [2.05, 4.69) is 4.98 Å². The van der Waals surface area contributed by atoms with Crippen LogP contribution in [-0.4, -0.2) is 32.5 Å². The van der Waals surface area contributed by atoms with Crippen molar-refractivity contribution in [2.24, 2.45) is 7.05 Å². The Morgan fingerprint density at radius 2 is 1.83 bits per heavy atom. The van der Waals surface area contributed by atoms with Gasteiger partial charge in [-0.25, -0.2) is 4.98 Å². The average molecular weight is 309 g/mol. The normalized spacial score (nSPS) is 12.3. The summed E-state index contributed by atoms with van der Waals surface area (Å²) in [5.41, 5.74) is 2.51. The lowest BCUT2D eigenvalue weighted by Gasteiger charge is -2.20. The van der Waals surface area contributed by atoms with Crippen molar-refractivity contribution in [3.05, 3.63) is 66.0 Å². The van der Waals surface area contributed by atoms with E-state index < -0.39 is 6.10 Å². The number of imidazole rings is 1. The molecule has 0 fully saturated rings. The third-order valence-electron chi connectivity index (χ3n) is 3.98. The third-order valence-corrected chi connectivity index (χ3v) is 3.98. The van der Waals surface area contributed by atoms with Gasteiger partial charge in [-0.2, -0.15) is 0 Å². The maximum absolute atomic E-state index is 12.4. The van der Waals surface area contributed by atoms with Gasteiger partial charge in [-0.1, -0.05) is 42.5 Å². The van der Waals surface area contributed by atoms with Crippen LogP contribution in [0.25, 0.3) is 11.0 Å². The Morgan fingerprint density at radius 1 is 1.17 bits per heavy atom. The van der Waals surface area contributed by atoms with Gasteiger partial charge in [0.1, 0.15) is 5.82 Å². The Bertz CT molecular complexity index is 827. The van der Waals surface area contributed by atoms with Crippen LogP contribution >= 0.6 is 0 Å². The highest BCUT2D eigenvalue weighted by Crippen LogP contribution is 2.18. The number of likely N-dealkylation sites (N-methyl/N-ethyl adjacent to an activating group) is 1. The summed E-state index contributed by atoms with van der Waals surface area (Å²) in [7, 11) is 3.60. The number of hydrogen-bond acceptors (Lipinski definition) is 3. The van der Waals surface area contributed by atoms with E-state index in [1.807, 2.05) is 41.9 Å². The fourth-order valence-corrected chi connectivity index (χ4v) is 2.61. The Kier molecular flexibility index (Phi) is 4.12. The van der Waals surface area contributed by atoms with Crippen molar-refractivity contribution >= 4 is 16.9 Å². The maximum atomic E-state index is 12.4. The first-order chi connectivity index (χ1) is 11.1. The lowest BCUT2D eigenvalue weighted by Crippen LogP contribution is -2.32. The zero-order chi connectivity index (χ0) is 16.4. The molecule has 3 aromatic rings. The van der Waals surface area contributed by atoms with Crippen molar-refractivity contribution in [1.29, 1.82) is 0 Å². The molecule has 2 aromatic carbocycles. The minimum Gasteiger partial charge on any atom is -0.378 e. The number of aliphatic hydroxyl groups is 1. The lowest BCUT2D eigenvalue weighted by molar-refractivity contribution is -0.139. The van der Waals surface area contributed by atoms with Crippen molar-refractivity contribution < 1.29 is 9.90 Å². The minimum absolute atomic E-state index is 0.341. The summed E-state index contributed by atoms with van der Waals surface area (Å²) in [6.45, 7) is 0.341. The second-order valence-corrected chi connectivity index (χ2v) is 5.58. The SMILES string of the molecule is CN(Cc1nc2ccccc2n1C)C(=O)C(O)c1ccccc1. The van der Waals surface area contributed by atoms with Crippen molar-refractivity contribution in [1.82, 2.24) is 14.5 Å². The number of benzene rings is 2. The van der Waals surface area contributed by atoms with Crippen LogP contribution in [0.1, 0.15) is 17.5 Å². The standard InChI is InChI=1S/C18H19N3O2/c1-20(18(23)17(22)13-8-4-3-5-9-13)12-16-19-14-10-6-7-11-15(14)21(16)2/h3-11,17,22H,12H2,1-2H3. The molecular formula is C18H19N3O2. The van der Waals surface area contributed by atoms with E-state index in [1.165, 1.54) is 4.90 Å². The molecule has 0 aliphatic heterocycles. The molecule has 3 rings (SSSR count). The number of rotatable bonds is 4. The number of carbonyl (C=O) groups excluding carboxylic acids is 1. The fourth-order valence-electron chi connectivity index (χ4n) is 2.61. The molecule has 5 heteroatoms. The van der Waals surface area contributed by atoms with Crippen molar-refractivity contribution in [3.63, 3.8) is 0 Å². The lowest BCUT2D eigenvalue weighted by atomic mass is 10.1. The number of fused-ring (bicyclic) bond motifs is 1. The van der Waals surface area contributed by atoms with Crippen LogP contribution in [0.2, 0.25) is 0 Å². The number of amides is 1. The monoisotopic (exact) mass is 309 g/mol. The summed E-state index contributed by atoms with van der Waals surface area (Å²) in [6, 6.07) is 16.8. The molecule has 0 spiro atoms. The van der Waals surface area contributed by atoms with E-state index in [0.717, 1.165) is 16.9 Å². The molecular weight excluding hydrogens is 290 g/mol. The van der Waals surface area contributed by atoms with Crippen LogP contribution in [0.4, 0.5) is 0 Å². The van der Waals surface area contributed by atoms with Gasteiger partial charge in [0.2, 0.25) is 0 Å². The van der Waals surface area contributed by atoms with Crippen molar-refractivity contribution in [2.45, 2.75) is 12.6 Å². The van der Waals surface area contributed by atoms with E-state index in [9.17, 15) is 9.90 Å². The van der Waals surface area contributed by atoms with Crippen LogP contribution in [0.15, 0.2) is 54.6 Å². The predicted octanol–water partition coefficient (Wildman–Crippen LogP) is 2.27. The first-order valence-electron chi connectivity index (χ1n) is 7.46. The number of hydrogen-bond donors (Lipinski definition) is 1. The first kappa shape index (κ1) is 15.2.